The van der Waals surface area contributed by atoms with E-state index in [0.29, 0.717) is 23.9 Å². The Hall–Kier alpha value is -1.65. The number of ether oxygens (including phenoxy) is 2. The van der Waals surface area contributed by atoms with Crippen LogP contribution in [-0.2, 0) is 9.47 Å². The number of pyridine rings is 1. The zero-order valence-corrected chi connectivity index (χ0v) is 11.3. The molecule has 0 aliphatic carbocycles. The minimum atomic E-state index is -0.364. The van der Waals surface area contributed by atoms with Crippen LogP contribution in [0.1, 0.15) is 17.3 Å². The van der Waals surface area contributed by atoms with Gasteiger partial charge in [-0.2, -0.15) is 0 Å². The largest absolute Gasteiger partial charge is 0.460 e. The van der Waals surface area contributed by atoms with E-state index in [4.69, 9.17) is 21.1 Å². The molecule has 0 unspecified atom stereocenters. The summed E-state index contributed by atoms with van der Waals surface area (Å²) in [6, 6.07) is 8.67. The van der Waals surface area contributed by atoms with Crippen molar-refractivity contribution >= 4 is 28.5 Å². The second kappa shape index (κ2) is 6.50. The molecule has 2 aromatic rings. The molecule has 0 aliphatic rings. The Morgan fingerprint density at radius 1 is 1.26 bits per heavy atom. The lowest BCUT2D eigenvalue weighted by Gasteiger charge is -2.05. The molecule has 1 aromatic carbocycles. The van der Waals surface area contributed by atoms with Crippen LogP contribution in [0.3, 0.4) is 0 Å². The van der Waals surface area contributed by atoms with Crippen LogP contribution in [0.15, 0.2) is 30.3 Å². The normalized spacial score (nSPS) is 10.6. The van der Waals surface area contributed by atoms with E-state index in [9.17, 15) is 4.79 Å². The van der Waals surface area contributed by atoms with Crippen molar-refractivity contribution in [1.82, 2.24) is 4.98 Å². The number of rotatable bonds is 5. The number of halogens is 1. The van der Waals surface area contributed by atoms with Crippen molar-refractivity contribution in [1.29, 1.82) is 0 Å². The van der Waals surface area contributed by atoms with Gasteiger partial charge in [0.25, 0.3) is 0 Å². The summed E-state index contributed by atoms with van der Waals surface area (Å²) < 4.78 is 10.2. The summed E-state index contributed by atoms with van der Waals surface area (Å²) in [5.74, 6) is -0.364. The lowest BCUT2D eigenvalue weighted by Crippen LogP contribution is -2.10. The van der Waals surface area contributed by atoms with Crippen LogP contribution in [0.2, 0.25) is 5.15 Å². The summed E-state index contributed by atoms with van der Waals surface area (Å²) in [6.45, 7) is 3.17. The zero-order chi connectivity index (χ0) is 13.7. The number of fused-ring (bicyclic) bond motifs is 1. The lowest BCUT2D eigenvalue weighted by atomic mass is 10.1. The Morgan fingerprint density at radius 2 is 2.11 bits per heavy atom. The van der Waals surface area contributed by atoms with E-state index in [1.165, 1.54) is 0 Å². The van der Waals surface area contributed by atoms with Crippen LogP contribution in [0, 0.1) is 0 Å². The highest BCUT2D eigenvalue weighted by atomic mass is 35.5. The molecule has 0 radical (unpaired) electrons. The number of aromatic nitrogens is 1. The lowest BCUT2D eigenvalue weighted by molar-refractivity contribution is 0.0335. The third-order valence-electron chi connectivity index (χ3n) is 2.56. The van der Waals surface area contributed by atoms with Gasteiger partial charge in [-0.15, -0.1) is 0 Å². The number of hydrogen-bond donors (Lipinski definition) is 0. The van der Waals surface area contributed by atoms with Crippen molar-refractivity contribution in [3.8, 4) is 0 Å². The molecule has 4 nitrogen and oxygen atoms in total. The topological polar surface area (TPSA) is 48.4 Å². The van der Waals surface area contributed by atoms with E-state index < -0.39 is 0 Å². The van der Waals surface area contributed by atoms with Crippen LogP contribution in [0.25, 0.3) is 10.9 Å². The molecular weight excluding hydrogens is 266 g/mol. The second-order valence-electron chi connectivity index (χ2n) is 3.87. The molecule has 0 N–H and O–H groups in total. The minimum absolute atomic E-state index is 0.254. The van der Waals surface area contributed by atoms with Crippen LogP contribution in [0.5, 0.6) is 0 Å². The Bertz CT molecular complexity index is 586. The molecule has 0 atom stereocenters. The molecule has 0 bridgehead atoms. The summed E-state index contributed by atoms with van der Waals surface area (Å²) in [5.41, 5.74) is 1.24. The van der Waals surface area contributed by atoms with Gasteiger partial charge in [0.15, 0.2) is 0 Å². The van der Waals surface area contributed by atoms with Crippen molar-refractivity contribution in [3.63, 3.8) is 0 Å². The molecule has 0 spiro atoms. The van der Waals surface area contributed by atoms with Gasteiger partial charge in [-0.1, -0.05) is 11.6 Å². The molecule has 1 aromatic heterocycles. The van der Waals surface area contributed by atoms with Crippen molar-refractivity contribution in [2.24, 2.45) is 0 Å². The molecule has 0 aliphatic heterocycles. The van der Waals surface area contributed by atoms with Gasteiger partial charge in [0, 0.05) is 12.0 Å². The van der Waals surface area contributed by atoms with Gasteiger partial charge >= 0.3 is 5.97 Å². The third kappa shape index (κ3) is 3.66. The maximum atomic E-state index is 11.8. The number of hydrogen-bond acceptors (Lipinski definition) is 4. The Morgan fingerprint density at radius 3 is 2.89 bits per heavy atom. The van der Waals surface area contributed by atoms with E-state index in [1.54, 1.807) is 24.3 Å². The standard InChI is InChI=1S/C14H14ClNO3/c1-2-18-7-8-19-14(17)11-3-5-12-10(9-11)4-6-13(15)16-12/h3-6,9H,2,7-8H2,1H3. The van der Waals surface area contributed by atoms with E-state index in [-0.39, 0.29) is 12.6 Å². The van der Waals surface area contributed by atoms with Gasteiger partial charge in [0.05, 0.1) is 17.7 Å². The fraction of sp³-hybridized carbons (Fsp3) is 0.286. The smallest absolute Gasteiger partial charge is 0.338 e. The summed E-state index contributed by atoms with van der Waals surface area (Å²) in [5, 5.41) is 1.28. The second-order valence-corrected chi connectivity index (χ2v) is 4.26. The summed E-state index contributed by atoms with van der Waals surface area (Å²) in [4.78, 5) is 16.0. The maximum Gasteiger partial charge on any atom is 0.338 e. The Labute approximate surface area is 116 Å². The van der Waals surface area contributed by atoms with Crippen molar-refractivity contribution in [2.45, 2.75) is 6.92 Å². The Balaban J connectivity index is 2.08. The molecule has 0 amide bonds. The first kappa shape index (κ1) is 13.8. The number of esters is 1. The molecule has 0 fully saturated rings. The van der Waals surface area contributed by atoms with Crippen LogP contribution < -0.4 is 0 Å². The molecule has 5 heteroatoms. The first-order valence-electron chi connectivity index (χ1n) is 6.02. The van der Waals surface area contributed by atoms with Gasteiger partial charge in [-0.25, -0.2) is 9.78 Å². The Kier molecular flexibility index (Phi) is 4.71. The summed E-state index contributed by atoms with van der Waals surface area (Å²) in [7, 11) is 0. The maximum absolute atomic E-state index is 11.8. The van der Waals surface area contributed by atoms with Crippen LogP contribution in [-0.4, -0.2) is 30.8 Å². The van der Waals surface area contributed by atoms with Crippen molar-refractivity contribution in [2.75, 3.05) is 19.8 Å². The SMILES string of the molecule is CCOCCOC(=O)c1ccc2nc(Cl)ccc2c1. The molecule has 19 heavy (non-hydrogen) atoms. The number of carbonyl (C=O) groups excluding carboxylic acids is 1. The number of benzene rings is 1. The molecule has 0 saturated carbocycles. The summed E-state index contributed by atoms with van der Waals surface area (Å²) >= 11 is 5.80. The van der Waals surface area contributed by atoms with Gasteiger partial charge in [-0.05, 0) is 37.3 Å². The quantitative estimate of drug-likeness (QED) is 0.479. The third-order valence-corrected chi connectivity index (χ3v) is 2.77. The highest BCUT2D eigenvalue weighted by Crippen LogP contribution is 2.17. The van der Waals surface area contributed by atoms with Gasteiger partial charge in [-0.3, -0.25) is 0 Å². The average molecular weight is 280 g/mol. The fourth-order valence-corrected chi connectivity index (χ4v) is 1.80. The van der Waals surface area contributed by atoms with E-state index in [1.807, 2.05) is 13.0 Å². The monoisotopic (exact) mass is 279 g/mol. The van der Waals surface area contributed by atoms with Gasteiger partial charge in [0.1, 0.15) is 11.8 Å². The van der Waals surface area contributed by atoms with E-state index >= 15 is 0 Å². The summed E-state index contributed by atoms with van der Waals surface area (Å²) in [6.07, 6.45) is 0. The molecular formula is C14H14ClNO3. The first-order valence-corrected chi connectivity index (χ1v) is 6.39. The van der Waals surface area contributed by atoms with Crippen LogP contribution in [0.4, 0.5) is 0 Å². The van der Waals surface area contributed by atoms with Crippen LogP contribution >= 0.6 is 11.6 Å². The van der Waals surface area contributed by atoms with Crippen molar-refractivity contribution < 1.29 is 14.3 Å². The first-order chi connectivity index (χ1) is 9.20. The molecule has 100 valence electrons. The van der Waals surface area contributed by atoms with E-state index in [0.717, 1.165) is 10.9 Å². The molecule has 2 rings (SSSR count). The van der Waals surface area contributed by atoms with Gasteiger partial charge in [0.2, 0.25) is 0 Å². The molecule has 1 heterocycles. The highest BCUT2D eigenvalue weighted by Gasteiger charge is 2.08. The highest BCUT2D eigenvalue weighted by molar-refractivity contribution is 6.29. The van der Waals surface area contributed by atoms with Crippen molar-refractivity contribution in [3.05, 3.63) is 41.0 Å². The van der Waals surface area contributed by atoms with Gasteiger partial charge < -0.3 is 9.47 Å². The average Bonchev–Trinajstić information content (AvgIpc) is 2.42. The van der Waals surface area contributed by atoms with E-state index in [2.05, 4.69) is 4.98 Å². The molecule has 0 saturated heterocycles. The number of nitrogens with zero attached hydrogens (tertiary/aromatic N) is 1. The predicted molar refractivity (Wildman–Crippen MR) is 73.5 cm³/mol. The zero-order valence-electron chi connectivity index (χ0n) is 10.6. The number of carbonyl (C=O) groups is 1. The fourth-order valence-electron chi connectivity index (χ4n) is 1.65. The predicted octanol–water partition coefficient (Wildman–Crippen LogP) is 3.08. The minimum Gasteiger partial charge on any atom is -0.460 e.